The number of imidazole rings is 1. The zero-order valence-electron chi connectivity index (χ0n) is 16.9. The molecular weight excluding hydrogens is 457 g/mol. The van der Waals surface area contributed by atoms with E-state index in [9.17, 15) is 26.4 Å². The lowest BCUT2D eigenvalue weighted by Gasteiger charge is -2.11. The molecular formula is C22H17F3N4O3S. The van der Waals surface area contributed by atoms with E-state index in [1.54, 1.807) is 35.9 Å². The van der Waals surface area contributed by atoms with Crippen LogP contribution >= 0.6 is 0 Å². The number of nitrogens with one attached hydrogen (secondary N) is 2. The van der Waals surface area contributed by atoms with Gasteiger partial charge in [0.2, 0.25) is 0 Å². The van der Waals surface area contributed by atoms with Gasteiger partial charge in [0, 0.05) is 16.9 Å². The van der Waals surface area contributed by atoms with E-state index in [1.165, 1.54) is 0 Å². The summed E-state index contributed by atoms with van der Waals surface area (Å²) in [6, 6.07) is 18.9. The quantitative estimate of drug-likeness (QED) is 0.440. The minimum atomic E-state index is -4.54. The predicted molar refractivity (Wildman–Crippen MR) is 117 cm³/mol. The number of hydrogen-bond donors (Lipinski definition) is 2. The van der Waals surface area contributed by atoms with E-state index in [0.717, 1.165) is 41.0 Å². The number of aromatic nitrogens is 2. The maximum Gasteiger partial charge on any atom is 0.405 e. The van der Waals surface area contributed by atoms with Crippen molar-refractivity contribution in [1.82, 2.24) is 14.9 Å². The molecule has 0 saturated carbocycles. The molecule has 0 aliphatic carbocycles. The molecule has 0 atom stereocenters. The fourth-order valence-electron chi connectivity index (χ4n) is 3.14. The number of alkyl halides is 3. The average Bonchev–Trinajstić information content (AvgIpc) is 3.21. The first-order chi connectivity index (χ1) is 15.6. The van der Waals surface area contributed by atoms with Crippen LogP contribution in [0.3, 0.4) is 0 Å². The van der Waals surface area contributed by atoms with Gasteiger partial charge in [0.15, 0.2) is 0 Å². The van der Waals surface area contributed by atoms with Gasteiger partial charge in [-0.2, -0.15) is 13.2 Å². The molecule has 1 aromatic heterocycles. The molecule has 0 fully saturated rings. The van der Waals surface area contributed by atoms with Crippen molar-refractivity contribution in [3.05, 3.63) is 84.7 Å². The second-order valence-corrected chi connectivity index (χ2v) is 8.76. The highest BCUT2D eigenvalue weighted by Gasteiger charge is 2.28. The van der Waals surface area contributed by atoms with Gasteiger partial charge >= 0.3 is 6.18 Å². The van der Waals surface area contributed by atoms with E-state index >= 15 is 0 Å². The number of halogens is 3. The Bertz CT molecular complexity index is 1400. The molecule has 4 aromatic rings. The van der Waals surface area contributed by atoms with Crippen LogP contribution in [0.2, 0.25) is 0 Å². The fourth-order valence-corrected chi connectivity index (χ4v) is 4.20. The zero-order chi connectivity index (χ0) is 23.6. The van der Waals surface area contributed by atoms with Gasteiger partial charge in [-0.15, -0.1) is 0 Å². The van der Waals surface area contributed by atoms with E-state index in [2.05, 4.69) is 9.71 Å². The Labute approximate surface area is 186 Å². The van der Waals surface area contributed by atoms with Gasteiger partial charge in [-0.1, -0.05) is 12.1 Å². The molecule has 0 bridgehead atoms. The van der Waals surface area contributed by atoms with Crippen LogP contribution in [-0.4, -0.2) is 36.6 Å². The largest absolute Gasteiger partial charge is 0.405 e. The van der Waals surface area contributed by atoms with Crippen molar-refractivity contribution in [2.24, 2.45) is 0 Å². The molecule has 1 amide bonds. The highest BCUT2D eigenvalue weighted by Crippen LogP contribution is 2.22. The Kier molecular flexibility index (Phi) is 5.81. The van der Waals surface area contributed by atoms with Crippen molar-refractivity contribution in [3.63, 3.8) is 0 Å². The predicted octanol–water partition coefficient (Wildman–Crippen LogP) is 4.12. The van der Waals surface area contributed by atoms with Crippen LogP contribution in [0.15, 0.2) is 84.0 Å². The van der Waals surface area contributed by atoms with Crippen molar-refractivity contribution in [3.8, 4) is 5.69 Å². The highest BCUT2D eigenvalue weighted by molar-refractivity contribution is 7.92. The van der Waals surface area contributed by atoms with Gasteiger partial charge in [-0.05, 0) is 60.7 Å². The van der Waals surface area contributed by atoms with Crippen molar-refractivity contribution in [2.75, 3.05) is 11.3 Å². The second-order valence-electron chi connectivity index (χ2n) is 7.08. The first-order valence-corrected chi connectivity index (χ1v) is 11.1. The molecule has 0 aliphatic rings. The molecule has 33 heavy (non-hydrogen) atoms. The monoisotopic (exact) mass is 474 g/mol. The summed E-state index contributed by atoms with van der Waals surface area (Å²) >= 11 is 0. The van der Waals surface area contributed by atoms with Gasteiger partial charge in [-0.25, -0.2) is 13.4 Å². The van der Waals surface area contributed by atoms with E-state index in [-0.39, 0.29) is 10.5 Å². The van der Waals surface area contributed by atoms with Gasteiger partial charge in [-0.3, -0.25) is 14.1 Å². The number of amides is 1. The maximum atomic E-state index is 12.7. The van der Waals surface area contributed by atoms with Crippen LogP contribution in [0.1, 0.15) is 10.4 Å². The molecule has 0 saturated heterocycles. The number of hydrogen-bond acceptors (Lipinski definition) is 4. The topological polar surface area (TPSA) is 93.1 Å². The molecule has 0 unspecified atom stereocenters. The fraction of sp³-hybridized carbons (Fsp3) is 0.0909. The summed E-state index contributed by atoms with van der Waals surface area (Å²) in [5.41, 5.74) is 2.76. The normalized spacial score (nSPS) is 12.0. The van der Waals surface area contributed by atoms with E-state index in [0.29, 0.717) is 5.69 Å². The van der Waals surface area contributed by atoms with E-state index in [4.69, 9.17) is 0 Å². The zero-order valence-corrected chi connectivity index (χ0v) is 17.7. The lowest BCUT2D eigenvalue weighted by atomic mass is 10.2. The molecule has 0 radical (unpaired) electrons. The lowest BCUT2D eigenvalue weighted by molar-refractivity contribution is -0.123. The Morgan fingerprint density at radius 3 is 2.27 bits per heavy atom. The van der Waals surface area contributed by atoms with Gasteiger partial charge < -0.3 is 5.32 Å². The number of carbonyl (C=O) groups excluding carboxylic acids is 1. The summed E-state index contributed by atoms with van der Waals surface area (Å²) in [5, 5.41) is 1.73. The van der Waals surface area contributed by atoms with Crippen LogP contribution in [0, 0.1) is 0 Å². The number of para-hydroxylation sites is 2. The average molecular weight is 474 g/mol. The number of nitrogens with zero attached hydrogens (tertiary/aromatic N) is 2. The van der Waals surface area contributed by atoms with Crippen molar-refractivity contribution in [1.29, 1.82) is 0 Å². The summed E-state index contributed by atoms with van der Waals surface area (Å²) in [6.07, 6.45) is -2.86. The SMILES string of the molecule is O=C(NCC(F)(F)F)c1ccc(S(=O)(=O)Nc2ccc(-n3cnc4ccccc43)cc2)cc1. The number of carbonyl (C=O) groups is 1. The van der Waals surface area contributed by atoms with E-state index < -0.39 is 28.7 Å². The molecule has 7 nitrogen and oxygen atoms in total. The number of benzene rings is 3. The standard InChI is InChI=1S/C22H17F3N4O3S/c23-22(24,25)13-26-21(30)15-5-11-18(12-6-15)33(31,32)28-16-7-9-17(10-8-16)29-14-27-19-3-1-2-4-20(19)29/h1-12,14,28H,13H2,(H,26,30). The Morgan fingerprint density at radius 2 is 1.61 bits per heavy atom. The van der Waals surface area contributed by atoms with Crippen molar-refractivity contribution in [2.45, 2.75) is 11.1 Å². The minimum Gasteiger partial charge on any atom is -0.343 e. The molecule has 0 aliphatic heterocycles. The summed E-state index contributed by atoms with van der Waals surface area (Å²) < 4.78 is 66.3. The van der Waals surface area contributed by atoms with Crippen molar-refractivity contribution < 1.29 is 26.4 Å². The first kappa shape index (κ1) is 22.3. The van der Waals surface area contributed by atoms with Gasteiger partial charge in [0.1, 0.15) is 12.9 Å². The van der Waals surface area contributed by atoms with Gasteiger partial charge in [0.25, 0.3) is 15.9 Å². The maximum absolute atomic E-state index is 12.7. The van der Waals surface area contributed by atoms with Crippen LogP contribution in [0.5, 0.6) is 0 Å². The number of fused-ring (bicyclic) bond motifs is 1. The molecule has 3 aromatic carbocycles. The molecule has 11 heteroatoms. The molecule has 2 N–H and O–H groups in total. The van der Waals surface area contributed by atoms with Crippen LogP contribution in [0.4, 0.5) is 18.9 Å². The van der Waals surface area contributed by atoms with E-state index in [1.807, 2.05) is 28.8 Å². The Balaban J connectivity index is 1.47. The summed E-state index contributed by atoms with van der Waals surface area (Å²) in [4.78, 5) is 16.0. The lowest BCUT2D eigenvalue weighted by Crippen LogP contribution is -2.33. The number of sulfonamides is 1. The minimum absolute atomic E-state index is 0.0879. The molecule has 1 heterocycles. The summed E-state index contributed by atoms with van der Waals surface area (Å²) in [7, 11) is -3.97. The van der Waals surface area contributed by atoms with Crippen molar-refractivity contribution >= 4 is 32.7 Å². The highest BCUT2D eigenvalue weighted by atomic mass is 32.2. The van der Waals surface area contributed by atoms with Crippen LogP contribution in [0.25, 0.3) is 16.7 Å². The third-order valence-corrected chi connectivity index (χ3v) is 6.12. The van der Waals surface area contributed by atoms with Gasteiger partial charge in [0.05, 0.1) is 15.9 Å². The number of rotatable bonds is 6. The Hall–Kier alpha value is -3.86. The smallest absolute Gasteiger partial charge is 0.343 e. The summed E-state index contributed by atoms with van der Waals surface area (Å²) in [5.74, 6) is -0.952. The number of anilines is 1. The first-order valence-electron chi connectivity index (χ1n) is 9.63. The molecule has 0 spiro atoms. The third-order valence-electron chi connectivity index (χ3n) is 4.73. The van der Waals surface area contributed by atoms with Crippen LogP contribution in [-0.2, 0) is 10.0 Å². The second kappa shape index (κ2) is 8.58. The summed E-state index contributed by atoms with van der Waals surface area (Å²) in [6.45, 7) is -1.47. The molecule has 4 rings (SSSR count). The third kappa shape index (κ3) is 5.14. The molecule has 170 valence electrons. The Morgan fingerprint density at radius 1 is 0.939 bits per heavy atom. The van der Waals surface area contributed by atoms with Crippen LogP contribution < -0.4 is 10.0 Å².